The van der Waals surface area contributed by atoms with Crippen LogP contribution in [0.3, 0.4) is 0 Å². The summed E-state index contributed by atoms with van der Waals surface area (Å²) in [5.41, 5.74) is 6.23. The molecule has 1 aliphatic heterocycles. The van der Waals surface area contributed by atoms with E-state index in [0.717, 1.165) is 6.07 Å². The van der Waals surface area contributed by atoms with Crippen molar-refractivity contribution in [2.75, 3.05) is 0 Å². The number of hydrogen-bond acceptors (Lipinski definition) is 3. The van der Waals surface area contributed by atoms with E-state index >= 15 is 0 Å². The fourth-order valence-corrected chi connectivity index (χ4v) is 1.88. The third kappa shape index (κ3) is 1.73. The first-order valence-electron chi connectivity index (χ1n) is 4.00. The summed E-state index contributed by atoms with van der Waals surface area (Å²) in [6.07, 6.45) is 0. The molecule has 0 fully saturated rings. The topological polar surface area (TPSA) is 38.0 Å². The second-order valence-electron chi connectivity index (χ2n) is 2.86. The maximum Gasteiger partial charge on any atom is 0.135 e. The highest BCUT2D eigenvalue weighted by molar-refractivity contribution is 8.03. The molecule has 74 valence electrons. The van der Waals surface area contributed by atoms with Crippen LogP contribution in [0.2, 0.25) is 0 Å². The van der Waals surface area contributed by atoms with Crippen LogP contribution in [0.15, 0.2) is 23.6 Å². The predicted octanol–water partition coefficient (Wildman–Crippen LogP) is 1.84. The van der Waals surface area contributed by atoms with Crippen LogP contribution in [0.4, 0.5) is 8.78 Å². The molecule has 2 rings (SSSR count). The van der Waals surface area contributed by atoms with Crippen LogP contribution in [0.25, 0.3) is 5.70 Å². The van der Waals surface area contributed by atoms with Gasteiger partial charge in [-0.15, -0.1) is 0 Å². The maximum atomic E-state index is 13.3. The molecule has 2 nitrogen and oxygen atoms in total. The van der Waals surface area contributed by atoms with Crippen molar-refractivity contribution < 1.29 is 8.78 Å². The number of hydrogen-bond donors (Lipinski definition) is 2. The molecule has 0 radical (unpaired) electrons. The van der Waals surface area contributed by atoms with E-state index in [0.29, 0.717) is 11.3 Å². The lowest BCUT2D eigenvalue weighted by molar-refractivity contribution is 0.580. The van der Waals surface area contributed by atoms with E-state index in [9.17, 15) is 8.78 Å². The molecule has 0 bridgehead atoms. The van der Waals surface area contributed by atoms with Gasteiger partial charge in [-0.05, 0) is 17.5 Å². The quantitative estimate of drug-likeness (QED) is 0.749. The van der Waals surface area contributed by atoms with Crippen LogP contribution >= 0.6 is 11.8 Å². The number of rotatable bonds is 1. The zero-order chi connectivity index (χ0) is 10.1. The Labute approximate surface area is 84.2 Å². The van der Waals surface area contributed by atoms with E-state index < -0.39 is 11.6 Å². The Morgan fingerprint density at radius 2 is 2.14 bits per heavy atom. The molecule has 0 spiro atoms. The smallest absolute Gasteiger partial charge is 0.135 e. The van der Waals surface area contributed by atoms with Crippen molar-refractivity contribution in [1.82, 2.24) is 5.32 Å². The average Bonchev–Trinajstić information content (AvgIpc) is 2.51. The van der Waals surface area contributed by atoms with E-state index in [4.69, 9.17) is 5.73 Å². The average molecular weight is 214 g/mol. The van der Waals surface area contributed by atoms with Crippen molar-refractivity contribution in [3.8, 4) is 0 Å². The van der Waals surface area contributed by atoms with Crippen LogP contribution in [0, 0.1) is 11.6 Å². The zero-order valence-electron chi connectivity index (χ0n) is 7.13. The van der Waals surface area contributed by atoms with Gasteiger partial charge in [-0.3, -0.25) is 0 Å². The Balaban J connectivity index is 2.33. The van der Waals surface area contributed by atoms with Crippen LogP contribution in [0.1, 0.15) is 5.56 Å². The monoisotopic (exact) mass is 214 g/mol. The van der Waals surface area contributed by atoms with Gasteiger partial charge in [0, 0.05) is 11.6 Å². The molecule has 1 heterocycles. The third-order valence-electron chi connectivity index (χ3n) is 1.85. The van der Waals surface area contributed by atoms with Gasteiger partial charge in [0.2, 0.25) is 0 Å². The van der Waals surface area contributed by atoms with Crippen LogP contribution < -0.4 is 11.1 Å². The minimum Gasteiger partial charge on any atom is -0.360 e. The lowest BCUT2D eigenvalue weighted by Crippen LogP contribution is -2.28. The lowest BCUT2D eigenvalue weighted by atomic mass is 10.1. The molecule has 0 saturated heterocycles. The minimum atomic E-state index is -0.585. The van der Waals surface area contributed by atoms with Gasteiger partial charge < -0.3 is 11.1 Å². The van der Waals surface area contributed by atoms with Gasteiger partial charge in [0.05, 0.1) is 5.70 Å². The largest absolute Gasteiger partial charge is 0.360 e. The van der Waals surface area contributed by atoms with E-state index in [2.05, 4.69) is 5.32 Å². The first kappa shape index (κ1) is 9.48. The molecule has 1 aromatic rings. The molecule has 0 aliphatic carbocycles. The molecule has 0 amide bonds. The number of thioether (sulfide) groups is 1. The Bertz CT molecular complexity index is 392. The Hall–Kier alpha value is -1.07. The molecule has 1 unspecified atom stereocenters. The van der Waals surface area contributed by atoms with Gasteiger partial charge in [0.15, 0.2) is 0 Å². The molecule has 0 saturated carbocycles. The molecule has 14 heavy (non-hydrogen) atoms. The standard InChI is InChI=1S/C9H8F2N2S/c10-5-1-2-6(7(11)3-5)8-4-14-9(12)13-8/h1-4,9,13H,12H2. The second-order valence-corrected chi connectivity index (χ2v) is 3.87. The normalized spacial score (nSPS) is 20.5. The van der Waals surface area contributed by atoms with Gasteiger partial charge in [0.1, 0.15) is 17.1 Å². The SMILES string of the molecule is NC1NC(c2ccc(F)cc2F)=CS1. The van der Waals surface area contributed by atoms with E-state index in [1.165, 1.54) is 23.9 Å². The highest BCUT2D eigenvalue weighted by Crippen LogP contribution is 2.26. The van der Waals surface area contributed by atoms with Crippen LogP contribution in [-0.2, 0) is 0 Å². The highest BCUT2D eigenvalue weighted by atomic mass is 32.2. The van der Waals surface area contributed by atoms with Gasteiger partial charge in [-0.1, -0.05) is 11.8 Å². The van der Waals surface area contributed by atoms with Gasteiger partial charge >= 0.3 is 0 Å². The maximum absolute atomic E-state index is 13.3. The zero-order valence-corrected chi connectivity index (χ0v) is 7.94. The van der Waals surface area contributed by atoms with Crippen molar-refractivity contribution in [1.29, 1.82) is 0 Å². The summed E-state index contributed by atoms with van der Waals surface area (Å²) in [5.74, 6) is -1.17. The molecule has 3 N–H and O–H groups in total. The van der Waals surface area contributed by atoms with Gasteiger partial charge in [-0.2, -0.15) is 0 Å². The molecule has 1 aliphatic rings. The minimum absolute atomic E-state index is 0.255. The van der Waals surface area contributed by atoms with E-state index in [-0.39, 0.29) is 5.50 Å². The van der Waals surface area contributed by atoms with Gasteiger partial charge in [-0.25, -0.2) is 8.78 Å². The summed E-state index contributed by atoms with van der Waals surface area (Å²) in [4.78, 5) is 0. The van der Waals surface area contributed by atoms with Crippen molar-refractivity contribution >= 4 is 17.5 Å². The third-order valence-corrected chi connectivity index (χ3v) is 2.63. The first-order chi connectivity index (χ1) is 6.66. The van der Waals surface area contributed by atoms with Crippen molar-refractivity contribution in [3.05, 3.63) is 40.8 Å². The van der Waals surface area contributed by atoms with Crippen LogP contribution in [0.5, 0.6) is 0 Å². The lowest BCUT2D eigenvalue weighted by Gasteiger charge is -2.08. The van der Waals surface area contributed by atoms with Crippen LogP contribution in [-0.4, -0.2) is 5.50 Å². The molecule has 1 aromatic carbocycles. The summed E-state index contributed by atoms with van der Waals surface area (Å²) in [7, 11) is 0. The Morgan fingerprint density at radius 3 is 2.71 bits per heavy atom. The Kier molecular flexibility index (Phi) is 2.43. The second kappa shape index (κ2) is 3.59. The summed E-state index contributed by atoms with van der Waals surface area (Å²) >= 11 is 1.36. The van der Waals surface area contributed by atoms with Crippen molar-refractivity contribution in [3.63, 3.8) is 0 Å². The Morgan fingerprint density at radius 1 is 1.36 bits per heavy atom. The predicted molar refractivity (Wildman–Crippen MR) is 53.0 cm³/mol. The summed E-state index contributed by atoms with van der Waals surface area (Å²) in [6.45, 7) is 0. The number of halogens is 2. The van der Waals surface area contributed by atoms with Crippen molar-refractivity contribution in [2.24, 2.45) is 5.73 Å². The summed E-state index contributed by atoms with van der Waals surface area (Å²) in [6, 6.07) is 3.46. The first-order valence-corrected chi connectivity index (χ1v) is 4.94. The van der Waals surface area contributed by atoms with Crippen molar-refractivity contribution in [2.45, 2.75) is 5.50 Å². The molecule has 5 heteroatoms. The van der Waals surface area contributed by atoms with E-state index in [1.807, 2.05) is 0 Å². The number of nitrogens with two attached hydrogens (primary N) is 1. The summed E-state index contributed by atoms with van der Waals surface area (Å²) < 4.78 is 25.9. The molecule has 0 aromatic heterocycles. The molecular weight excluding hydrogens is 206 g/mol. The molecular formula is C9H8F2N2S. The highest BCUT2D eigenvalue weighted by Gasteiger charge is 2.16. The number of nitrogens with one attached hydrogen (secondary N) is 1. The number of benzene rings is 1. The summed E-state index contributed by atoms with van der Waals surface area (Å²) in [5, 5.41) is 4.59. The fourth-order valence-electron chi connectivity index (χ4n) is 1.21. The molecule has 1 atom stereocenters. The van der Waals surface area contributed by atoms with E-state index in [1.54, 1.807) is 5.41 Å². The van der Waals surface area contributed by atoms with Gasteiger partial charge in [0.25, 0.3) is 0 Å². The fraction of sp³-hybridized carbons (Fsp3) is 0.111.